The summed E-state index contributed by atoms with van der Waals surface area (Å²) in [6.45, 7) is 0.422. The number of rotatable bonds is 4. The second kappa shape index (κ2) is 5.15. The molecule has 0 fully saturated rings. The Bertz CT molecular complexity index is 482. The molecule has 0 aromatic carbocycles. The average molecular weight is 235 g/mol. The van der Waals surface area contributed by atoms with Gasteiger partial charge in [0.25, 0.3) is 5.91 Å². The fraction of sp³-hybridized carbons (Fsp3) is 0.200. The summed E-state index contributed by atoms with van der Waals surface area (Å²) in [7, 11) is 0. The minimum absolute atomic E-state index is 0.294. The highest BCUT2D eigenvalue weighted by molar-refractivity contribution is 5.93. The molecule has 0 aliphatic rings. The normalized spacial score (nSPS) is 10.2. The minimum atomic E-state index is -0.608. The number of nitrogens with zero attached hydrogens (tertiary/aromatic N) is 3. The first-order valence-electron chi connectivity index (χ1n) is 4.99. The molecule has 0 aliphatic heterocycles. The molecule has 2 aromatic rings. The van der Waals surface area contributed by atoms with Crippen LogP contribution >= 0.6 is 0 Å². The highest BCUT2D eigenvalue weighted by Gasteiger charge is 2.05. The van der Waals surface area contributed by atoms with E-state index < -0.39 is 5.95 Å². The largest absolute Gasteiger partial charge is 0.352 e. The molecule has 0 radical (unpaired) electrons. The van der Waals surface area contributed by atoms with Crippen molar-refractivity contribution in [3.63, 3.8) is 0 Å². The molecule has 88 valence electrons. The lowest BCUT2D eigenvalue weighted by atomic mass is 10.2. The van der Waals surface area contributed by atoms with Gasteiger partial charge in [0.05, 0.1) is 5.56 Å². The number of hydrogen-bond donors (Lipinski definition) is 2. The molecule has 0 bridgehead atoms. The van der Waals surface area contributed by atoms with E-state index >= 15 is 0 Å². The summed E-state index contributed by atoms with van der Waals surface area (Å²) in [5, 5.41) is 9.04. The van der Waals surface area contributed by atoms with Gasteiger partial charge in [-0.1, -0.05) is 0 Å². The van der Waals surface area contributed by atoms with E-state index in [2.05, 4.69) is 25.5 Å². The Kier molecular flexibility index (Phi) is 3.39. The van der Waals surface area contributed by atoms with Crippen LogP contribution in [0.3, 0.4) is 0 Å². The highest BCUT2D eigenvalue weighted by atomic mass is 19.1. The van der Waals surface area contributed by atoms with Gasteiger partial charge in [-0.05, 0) is 12.1 Å². The molecule has 0 saturated carbocycles. The Morgan fingerprint density at radius 2 is 2.29 bits per heavy atom. The quantitative estimate of drug-likeness (QED) is 0.747. The molecule has 7 heteroatoms. The molecule has 2 heterocycles. The number of aromatic nitrogens is 4. The number of H-pyrrole nitrogens is 1. The SMILES string of the molecule is O=C(NCCc1ncn[nH]1)c1ccc(F)nc1. The number of nitrogens with one attached hydrogen (secondary N) is 2. The van der Waals surface area contributed by atoms with Crippen LogP contribution in [-0.2, 0) is 6.42 Å². The number of carbonyl (C=O) groups excluding carboxylic acids is 1. The first kappa shape index (κ1) is 11.2. The van der Waals surface area contributed by atoms with Crippen molar-refractivity contribution in [2.45, 2.75) is 6.42 Å². The third kappa shape index (κ3) is 3.07. The van der Waals surface area contributed by atoms with Gasteiger partial charge in [0, 0.05) is 19.2 Å². The van der Waals surface area contributed by atoms with Gasteiger partial charge in [-0.25, -0.2) is 9.97 Å². The number of aromatic amines is 1. The van der Waals surface area contributed by atoms with Crippen LogP contribution in [0.1, 0.15) is 16.2 Å². The molecule has 2 N–H and O–H groups in total. The molecule has 2 aromatic heterocycles. The average Bonchev–Trinajstić information content (AvgIpc) is 2.83. The Balaban J connectivity index is 1.83. The number of hydrogen-bond acceptors (Lipinski definition) is 4. The maximum absolute atomic E-state index is 12.5. The zero-order valence-electron chi connectivity index (χ0n) is 8.85. The second-order valence-electron chi connectivity index (χ2n) is 3.31. The van der Waals surface area contributed by atoms with E-state index in [9.17, 15) is 9.18 Å². The lowest BCUT2D eigenvalue weighted by molar-refractivity contribution is 0.0953. The molecular weight excluding hydrogens is 225 g/mol. The molecule has 0 unspecified atom stereocenters. The monoisotopic (exact) mass is 235 g/mol. The van der Waals surface area contributed by atoms with Crippen molar-refractivity contribution in [1.82, 2.24) is 25.5 Å². The number of pyridine rings is 1. The third-order valence-electron chi connectivity index (χ3n) is 2.10. The maximum Gasteiger partial charge on any atom is 0.252 e. The fourth-order valence-corrected chi connectivity index (χ4v) is 1.26. The van der Waals surface area contributed by atoms with E-state index in [1.165, 1.54) is 18.6 Å². The first-order chi connectivity index (χ1) is 8.25. The lowest BCUT2D eigenvalue weighted by Gasteiger charge is -2.03. The van der Waals surface area contributed by atoms with Crippen molar-refractivity contribution < 1.29 is 9.18 Å². The summed E-state index contributed by atoms with van der Waals surface area (Å²) in [5.41, 5.74) is 0.323. The van der Waals surface area contributed by atoms with Gasteiger partial charge in [-0.2, -0.15) is 9.49 Å². The third-order valence-corrected chi connectivity index (χ3v) is 2.10. The standard InChI is InChI=1S/C10H10FN5O/c11-8-2-1-7(5-13-8)10(17)12-4-3-9-14-6-15-16-9/h1-2,5-6H,3-4H2,(H,12,17)(H,14,15,16). The van der Waals surface area contributed by atoms with Crippen LogP contribution in [0.4, 0.5) is 4.39 Å². The Morgan fingerprint density at radius 1 is 1.41 bits per heavy atom. The van der Waals surface area contributed by atoms with Crippen LogP contribution in [-0.4, -0.2) is 32.6 Å². The van der Waals surface area contributed by atoms with E-state index in [4.69, 9.17) is 0 Å². The van der Waals surface area contributed by atoms with Gasteiger partial charge in [-0.3, -0.25) is 9.89 Å². The van der Waals surface area contributed by atoms with Crippen molar-refractivity contribution in [3.05, 3.63) is 42.0 Å². The molecule has 2 rings (SSSR count). The molecule has 0 saturated heterocycles. The molecule has 17 heavy (non-hydrogen) atoms. The number of amides is 1. The van der Waals surface area contributed by atoms with Crippen LogP contribution in [0, 0.1) is 5.95 Å². The van der Waals surface area contributed by atoms with Crippen LogP contribution in [0.5, 0.6) is 0 Å². The van der Waals surface area contributed by atoms with Crippen LogP contribution in [0.25, 0.3) is 0 Å². The van der Waals surface area contributed by atoms with Crippen LogP contribution < -0.4 is 5.32 Å². The fourth-order valence-electron chi connectivity index (χ4n) is 1.26. The predicted molar refractivity (Wildman–Crippen MR) is 56.6 cm³/mol. The predicted octanol–water partition coefficient (Wildman–Crippen LogP) is 0.311. The van der Waals surface area contributed by atoms with Crippen LogP contribution in [0.15, 0.2) is 24.7 Å². The van der Waals surface area contributed by atoms with E-state index in [1.807, 2.05) is 0 Å². The number of halogens is 1. The number of carbonyl (C=O) groups is 1. The Labute approximate surface area is 96.3 Å². The van der Waals surface area contributed by atoms with E-state index in [-0.39, 0.29) is 5.91 Å². The Hall–Kier alpha value is -2.31. The summed E-state index contributed by atoms with van der Waals surface area (Å²) < 4.78 is 12.5. The zero-order valence-corrected chi connectivity index (χ0v) is 8.85. The molecule has 0 atom stereocenters. The first-order valence-corrected chi connectivity index (χ1v) is 4.99. The van der Waals surface area contributed by atoms with Gasteiger partial charge in [-0.15, -0.1) is 0 Å². The van der Waals surface area contributed by atoms with Gasteiger partial charge in [0.15, 0.2) is 0 Å². The van der Waals surface area contributed by atoms with Gasteiger partial charge < -0.3 is 5.32 Å². The van der Waals surface area contributed by atoms with E-state index in [1.54, 1.807) is 0 Å². The van der Waals surface area contributed by atoms with Crippen molar-refractivity contribution in [2.75, 3.05) is 6.54 Å². The lowest BCUT2D eigenvalue weighted by Crippen LogP contribution is -2.26. The Morgan fingerprint density at radius 3 is 2.94 bits per heavy atom. The van der Waals surface area contributed by atoms with Gasteiger partial charge >= 0.3 is 0 Å². The summed E-state index contributed by atoms with van der Waals surface area (Å²) in [4.78, 5) is 18.9. The zero-order chi connectivity index (χ0) is 12.1. The molecule has 6 nitrogen and oxygen atoms in total. The van der Waals surface area contributed by atoms with E-state index in [0.29, 0.717) is 24.4 Å². The highest BCUT2D eigenvalue weighted by Crippen LogP contribution is 1.98. The van der Waals surface area contributed by atoms with Crippen molar-refractivity contribution >= 4 is 5.91 Å². The molecule has 0 aliphatic carbocycles. The maximum atomic E-state index is 12.5. The molecule has 0 spiro atoms. The van der Waals surface area contributed by atoms with Crippen molar-refractivity contribution in [2.24, 2.45) is 0 Å². The summed E-state index contributed by atoms with van der Waals surface area (Å²) >= 11 is 0. The topological polar surface area (TPSA) is 83.6 Å². The van der Waals surface area contributed by atoms with Gasteiger partial charge in [0.2, 0.25) is 5.95 Å². The minimum Gasteiger partial charge on any atom is -0.352 e. The van der Waals surface area contributed by atoms with Crippen molar-refractivity contribution in [3.8, 4) is 0 Å². The summed E-state index contributed by atoms with van der Waals surface area (Å²) in [5.74, 6) is -0.206. The second-order valence-corrected chi connectivity index (χ2v) is 3.31. The smallest absolute Gasteiger partial charge is 0.252 e. The summed E-state index contributed by atoms with van der Waals surface area (Å²) in [6, 6.07) is 2.53. The van der Waals surface area contributed by atoms with Gasteiger partial charge in [0.1, 0.15) is 12.2 Å². The van der Waals surface area contributed by atoms with Crippen molar-refractivity contribution in [1.29, 1.82) is 0 Å². The van der Waals surface area contributed by atoms with Crippen LogP contribution in [0.2, 0.25) is 0 Å². The van der Waals surface area contributed by atoms with E-state index in [0.717, 1.165) is 6.07 Å². The molecular formula is C10H10FN5O. The molecule has 1 amide bonds. The summed E-state index contributed by atoms with van der Waals surface area (Å²) in [6.07, 6.45) is 3.15.